The molecular weight excluding hydrogens is 443 g/mol. The Bertz CT molecular complexity index is 641. The number of rotatable bonds is 7. The van der Waals surface area contributed by atoms with Gasteiger partial charge in [-0.2, -0.15) is 0 Å². The number of thiophene rings is 1. The van der Waals surface area contributed by atoms with E-state index in [0.717, 1.165) is 25.6 Å². The molecule has 138 valence electrons. The molecule has 25 heavy (non-hydrogen) atoms. The van der Waals surface area contributed by atoms with Crippen LogP contribution in [0.15, 0.2) is 46.8 Å². The maximum atomic E-state index is 4.33. The third-order valence-electron chi connectivity index (χ3n) is 3.88. The van der Waals surface area contributed by atoms with Crippen LogP contribution < -0.4 is 10.6 Å². The highest BCUT2D eigenvalue weighted by Crippen LogP contribution is 2.19. The highest BCUT2D eigenvalue weighted by molar-refractivity contribution is 14.0. The van der Waals surface area contributed by atoms with Crippen molar-refractivity contribution in [2.24, 2.45) is 4.99 Å². The highest BCUT2D eigenvalue weighted by Gasteiger charge is 2.08. The molecule has 1 heterocycles. The second-order valence-corrected chi connectivity index (χ2v) is 7.21. The van der Waals surface area contributed by atoms with Crippen molar-refractivity contribution in [2.45, 2.75) is 25.9 Å². The standard InChI is InChI=1S/C19H28N4S.HI/c1-15(18-10-7-11-24-18)12-21-19(20-2)22-13-16-8-5-6-9-17(16)14-23(3)4;/h5-11,15H,12-14H2,1-4H3,(H2,20,21,22);1H. The smallest absolute Gasteiger partial charge is 0.191 e. The first-order chi connectivity index (χ1) is 11.6. The third-order valence-corrected chi connectivity index (χ3v) is 4.98. The van der Waals surface area contributed by atoms with Crippen molar-refractivity contribution in [1.29, 1.82) is 0 Å². The van der Waals surface area contributed by atoms with Gasteiger partial charge in [-0.3, -0.25) is 4.99 Å². The molecule has 0 aliphatic rings. The van der Waals surface area contributed by atoms with Crippen molar-refractivity contribution in [2.75, 3.05) is 27.7 Å². The topological polar surface area (TPSA) is 39.7 Å². The van der Waals surface area contributed by atoms with Crippen molar-refractivity contribution in [1.82, 2.24) is 15.5 Å². The predicted molar refractivity (Wildman–Crippen MR) is 120 cm³/mol. The second-order valence-electron chi connectivity index (χ2n) is 6.23. The van der Waals surface area contributed by atoms with E-state index in [1.807, 2.05) is 7.05 Å². The molecule has 4 nitrogen and oxygen atoms in total. The first-order valence-corrected chi connectivity index (χ1v) is 9.17. The molecule has 0 amide bonds. The minimum absolute atomic E-state index is 0. The number of nitrogens with one attached hydrogen (secondary N) is 2. The molecule has 2 aromatic rings. The molecular formula is C19H29IN4S. The minimum atomic E-state index is 0. The molecule has 0 aliphatic heterocycles. The Kier molecular flexibility index (Phi) is 10.1. The van der Waals surface area contributed by atoms with Gasteiger partial charge in [-0.25, -0.2) is 0 Å². The van der Waals surface area contributed by atoms with E-state index in [1.165, 1.54) is 16.0 Å². The molecule has 0 aliphatic carbocycles. The van der Waals surface area contributed by atoms with E-state index in [4.69, 9.17) is 0 Å². The van der Waals surface area contributed by atoms with E-state index in [0.29, 0.717) is 5.92 Å². The van der Waals surface area contributed by atoms with Crippen LogP contribution in [0, 0.1) is 0 Å². The summed E-state index contributed by atoms with van der Waals surface area (Å²) < 4.78 is 0. The molecule has 2 rings (SSSR count). The van der Waals surface area contributed by atoms with E-state index in [2.05, 4.69) is 83.3 Å². The Hall–Kier alpha value is -1.12. The van der Waals surface area contributed by atoms with Crippen molar-refractivity contribution in [3.8, 4) is 0 Å². The normalized spacial score (nSPS) is 12.6. The molecule has 0 spiro atoms. The van der Waals surface area contributed by atoms with Crippen LogP contribution >= 0.6 is 35.3 Å². The summed E-state index contributed by atoms with van der Waals surface area (Å²) in [4.78, 5) is 7.92. The molecule has 0 saturated heterocycles. The van der Waals surface area contributed by atoms with Gasteiger partial charge in [0.2, 0.25) is 0 Å². The van der Waals surface area contributed by atoms with Crippen LogP contribution in [0.25, 0.3) is 0 Å². The average Bonchev–Trinajstić information content (AvgIpc) is 3.10. The zero-order chi connectivity index (χ0) is 17.4. The summed E-state index contributed by atoms with van der Waals surface area (Å²) in [5, 5.41) is 8.97. The van der Waals surface area contributed by atoms with Crippen LogP contribution in [-0.2, 0) is 13.1 Å². The van der Waals surface area contributed by atoms with Gasteiger partial charge >= 0.3 is 0 Å². The third kappa shape index (κ3) is 7.33. The zero-order valence-electron chi connectivity index (χ0n) is 15.5. The van der Waals surface area contributed by atoms with E-state index < -0.39 is 0 Å². The van der Waals surface area contributed by atoms with Crippen molar-refractivity contribution in [3.63, 3.8) is 0 Å². The van der Waals surface area contributed by atoms with Crippen molar-refractivity contribution in [3.05, 3.63) is 57.8 Å². The van der Waals surface area contributed by atoms with Crippen molar-refractivity contribution >= 4 is 41.3 Å². The quantitative estimate of drug-likeness (QED) is 0.365. The van der Waals surface area contributed by atoms with Crippen LogP contribution in [0.1, 0.15) is 28.8 Å². The number of aliphatic imine (C=N–C) groups is 1. The van der Waals surface area contributed by atoms with Gasteiger partial charge in [-0.05, 0) is 36.7 Å². The lowest BCUT2D eigenvalue weighted by Gasteiger charge is -2.17. The number of guanidine groups is 1. The lowest BCUT2D eigenvalue weighted by atomic mass is 10.1. The summed E-state index contributed by atoms with van der Waals surface area (Å²) in [6.07, 6.45) is 0. The first-order valence-electron chi connectivity index (χ1n) is 8.29. The van der Waals surface area contributed by atoms with Crippen molar-refractivity contribution < 1.29 is 0 Å². The van der Waals surface area contributed by atoms with Gasteiger partial charge in [0.1, 0.15) is 0 Å². The molecule has 0 radical (unpaired) electrons. The van der Waals surface area contributed by atoms with Gasteiger partial charge in [0.15, 0.2) is 5.96 Å². The van der Waals surface area contributed by atoms with E-state index in [1.54, 1.807) is 11.3 Å². The fourth-order valence-electron chi connectivity index (χ4n) is 2.55. The fourth-order valence-corrected chi connectivity index (χ4v) is 3.33. The number of hydrogen-bond acceptors (Lipinski definition) is 3. The van der Waals surface area contributed by atoms with Gasteiger partial charge in [0.05, 0.1) is 0 Å². The largest absolute Gasteiger partial charge is 0.356 e. The Morgan fingerprint density at radius 1 is 1.12 bits per heavy atom. The van der Waals surface area contributed by atoms with E-state index in [-0.39, 0.29) is 24.0 Å². The van der Waals surface area contributed by atoms with Crippen LogP contribution in [0.5, 0.6) is 0 Å². The van der Waals surface area contributed by atoms with E-state index >= 15 is 0 Å². The molecule has 1 aromatic carbocycles. The zero-order valence-corrected chi connectivity index (χ0v) is 18.6. The molecule has 1 unspecified atom stereocenters. The van der Waals surface area contributed by atoms with Crippen LogP contribution in [0.3, 0.4) is 0 Å². The monoisotopic (exact) mass is 472 g/mol. The van der Waals surface area contributed by atoms with Gasteiger partial charge in [0, 0.05) is 37.5 Å². The Morgan fingerprint density at radius 2 is 1.84 bits per heavy atom. The number of halogens is 1. The fraction of sp³-hybridized carbons (Fsp3) is 0.421. The lowest BCUT2D eigenvalue weighted by Crippen LogP contribution is -2.38. The molecule has 1 aromatic heterocycles. The van der Waals surface area contributed by atoms with Crippen LogP contribution in [-0.4, -0.2) is 38.5 Å². The highest BCUT2D eigenvalue weighted by atomic mass is 127. The maximum absolute atomic E-state index is 4.33. The van der Waals surface area contributed by atoms with Gasteiger partial charge in [0.25, 0.3) is 0 Å². The summed E-state index contributed by atoms with van der Waals surface area (Å²) in [5.41, 5.74) is 2.65. The van der Waals surface area contributed by atoms with Gasteiger partial charge in [-0.15, -0.1) is 35.3 Å². The lowest BCUT2D eigenvalue weighted by molar-refractivity contribution is 0.400. The molecule has 0 saturated carbocycles. The summed E-state index contributed by atoms with van der Waals surface area (Å²) in [6, 6.07) is 12.8. The number of hydrogen-bond donors (Lipinski definition) is 2. The molecule has 2 N–H and O–H groups in total. The Morgan fingerprint density at radius 3 is 2.44 bits per heavy atom. The van der Waals surface area contributed by atoms with Gasteiger partial charge < -0.3 is 15.5 Å². The van der Waals surface area contributed by atoms with Crippen LogP contribution in [0.4, 0.5) is 0 Å². The summed E-state index contributed by atoms with van der Waals surface area (Å²) >= 11 is 1.80. The Balaban J connectivity index is 0.00000312. The number of nitrogens with zero attached hydrogens (tertiary/aromatic N) is 2. The van der Waals surface area contributed by atoms with Gasteiger partial charge in [-0.1, -0.05) is 37.3 Å². The molecule has 0 fully saturated rings. The summed E-state index contributed by atoms with van der Waals surface area (Å²) in [7, 11) is 6.00. The molecule has 1 atom stereocenters. The summed E-state index contributed by atoms with van der Waals surface area (Å²) in [6.45, 7) is 4.83. The minimum Gasteiger partial charge on any atom is -0.356 e. The molecule has 6 heteroatoms. The molecule has 0 bridgehead atoms. The average molecular weight is 472 g/mol. The Labute approximate surface area is 172 Å². The maximum Gasteiger partial charge on any atom is 0.191 e. The predicted octanol–water partition coefficient (Wildman–Crippen LogP) is 3.90. The van der Waals surface area contributed by atoms with Crippen LogP contribution in [0.2, 0.25) is 0 Å². The number of benzene rings is 1. The summed E-state index contributed by atoms with van der Waals surface area (Å²) in [5.74, 6) is 1.32. The SMILES string of the molecule is CN=C(NCc1ccccc1CN(C)C)NCC(C)c1cccs1.I. The first kappa shape index (κ1) is 21.9. The second kappa shape index (κ2) is 11.5. The van der Waals surface area contributed by atoms with E-state index in [9.17, 15) is 0 Å².